The lowest BCUT2D eigenvalue weighted by atomic mass is 9.86. The fraction of sp³-hybridized carbons (Fsp3) is 0.423. The lowest BCUT2D eigenvalue weighted by Crippen LogP contribution is -2.49. The number of fused-ring (bicyclic) bond motifs is 1. The van der Waals surface area contributed by atoms with Gasteiger partial charge in [-0.15, -0.1) is 0 Å². The topological polar surface area (TPSA) is 80.1 Å². The number of piperazine rings is 1. The Labute approximate surface area is 201 Å². The minimum Gasteiger partial charge on any atom is -0.492 e. The van der Waals surface area contributed by atoms with Gasteiger partial charge in [-0.05, 0) is 28.7 Å². The van der Waals surface area contributed by atoms with Crippen molar-refractivity contribution in [3.8, 4) is 16.9 Å². The summed E-state index contributed by atoms with van der Waals surface area (Å²) in [7, 11) is -3.13. The number of rotatable bonds is 6. The van der Waals surface area contributed by atoms with Crippen molar-refractivity contribution in [2.75, 3.05) is 45.6 Å². The van der Waals surface area contributed by atoms with E-state index in [2.05, 4.69) is 37.8 Å². The molecule has 8 heteroatoms. The molecule has 0 bridgehead atoms. The molecule has 1 saturated heterocycles. The summed E-state index contributed by atoms with van der Waals surface area (Å²) in [4.78, 5) is 15.3. The van der Waals surface area contributed by atoms with E-state index in [1.54, 1.807) is 18.2 Å². The minimum atomic E-state index is -3.13. The van der Waals surface area contributed by atoms with Crippen molar-refractivity contribution < 1.29 is 17.6 Å². The lowest BCUT2D eigenvalue weighted by molar-refractivity contribution is 0.159. The van der Waals surface area contributed by atoms with E-state index in [9.17, 15) is 13.2 Å². The van der Waals surface area contributed by atoms with Crippen LogP contribution in [0.25, 0.3) is 22.1 Å². The number of benzene rings is 2. The van der Waals surface area contributed by atoms with Gasteiger partial charge in [-0.2, -0.15) is 4.31 Å². The molecule has 0 atom stereocenters. The zero-order chi connectivity index (χ0) is 24.5. The van der Waals surface area contributed by atoms with Crippen LogP contribution in [0.5, 0.6) is 5.75 Å². The first kappa shape index (κ1) is 24.4. The van der Waals surface area contributed by atoms with E-state index < -0.39 is 10.0 Å². The average molecular weight is 485 g/mol. The second kappa shape index (κ2) is 9.52. The summed E-state index contributed by atoms with van der Waals surface area (Å²) < 4.78 is 36.4. The number of hydrogen-bond donors (Lipinski definition) is 0. The molecule has 0 unspecified atom stereocenters. The van der Waals surface area contributed by atoms with Gasteiger partial charge in [-0.25, -0.2) is 8.42 Å². The third-order valence-electron chi connectivity index (χ3n) is 6.28. The van der Waals surface area contributed by atoms with Crippen molar-refractivity contribution in [3.63, 3.8) is 0 Å². The molecule has 1 aliphatic rings. The van der Waals surface area contributed by atoms with Crippen molar-refractivity contribution >= 4 is 21.0 Å². The normalized spacial score (nSPS) is 16.1. The third-order valence-corrected chi connectivity index (χ3v) is 7.59. The van der Waals surface area contributed by atoms with Crippen LogP contribution in [0.15, 0.2) is 57.9 Å². The Hall–Kier alpha value is -2.68. The molecule has 182 valence electrons. The highest BCUT2D eigenvalue weighted by molar-refractivity contribution is 7.88. The SMILES string of the molecule is CC(C)(C)c1ccc(-c2coc3cc(OCCN4CCN(S(C)(=O)=O)CC4)ccc3c2=O)cc1. The first-order chi connectivity index (χ1) is 16.0. The highest BCUT2D eigenvalue weighted by Crippen LogP contribution is 2.27. The maximum atomic E-state index is 13.1. The summed E-state index contributed by atoms with van der Waals surface area (Å²) in [5.41, 5.74) is 3.04. The van der Waals surface area contributed by atoms with E-state index in [0.29, 0.717) is 61.6 Å². The summed E-state index contributed by atoms with van der Waals surface area (Å²) in [5.74, 6) is 0.632. The predicted octanol–water partition coefficient (Wildman–Crippen LogP) is 3.71. The zero-order valence-electron chi connectivity index (χ0n) is 20.2. The molecular formula is C26H32N2O5S. The maximum absolute atomic E-state index is 13.1. The van der Waals surface area contributed by atoms with Crippen molar-refractivity contribution in [1.82, 2.24) is 9.21 Å². The van der Waals surface area contributed by atoms with Crippen LogP contribution < -0.4 is 10.2 Å². The Morgan fingerprint density at radius 1 is 1.00 bits per heavy atom. The fourth-order valence-corrected chi connectivity index (χ4v) is 4.95. The van der Waals surface area contributed by atoms with Crippen LogP contribution in [0, 0.1) is 0 Å². The summed E-state index contributed by atoms with van der Waals surface area (Å²) in [5, 5.41) is 0.515. The molecule has 3 aromatic rings. The molecule has 0 spiro atoms. The van der Waals surface area contributed by atoms with Gasteiger partial charge >= 0.3 is 0 Å². The largest absolute Gasteiger partial charge is 0.492 e. The van der Waals surface area contributed by atoms with Crippen molar-refractivity contribution in [2.24, 2.45) is 0 Å². The quantitative estimate of drug-likeness (QED) is 0.531. The van der Waals surface area contributed by atoms with E-state index in [-0.39, 0.29) is 10.8 Å². The van der Waals surface area contributed by atoms with E-state index in [4.69, 9.17) is 9.15 Å². The van der Waals surface area contributed by atoms with E-state index in [1.807, 2.05) is 12.1 Å². The Morgan fingerprint density at radius 2 is 1.68 bits per heavy atom. The molecule has 1 fully saturated rings. The maximum Gasteiger partial charge on any atom is 0.211 e. The summed E-state index contributed by atoms with van der Waals surface area (Å²) in [6, 6.07) is 13.3. The van der Waals surface area contributed by atoms with Gasteiger partial charge in [0.25, 0.3) is 0 Å². The molecule has 7 nitrogen and oxygen atoms in total. The van der Waals surface area contributed by atoms with E-state index in [0.717, 1.165) is 5.56 Å². The smallest absolute Gasteiger partial charge is 0.211 e. The van der Waals surface area contributed by atoms with Gasteiger partial charge < -0.3 is 9.15 Å². The molecule has 34 heavy (non-hydrogen) atoms. The first-order valence-corrected chi connectivity index (χ1v) is 13.3. The van der Waals surface area contributed by atoms with Crippen LogP contribution in [-0.4, -0.2) is 63.2 Å². The van der Waals surface area contributed by atoms with Gasteiger partial charge in [0.05, 0.1) is 17.2 Å². The number of ether oxygens (including phenoxy) is 1. The molecule has 4 rings (SSSR count). The highest BCUT2D eigenvalue weighted by atomic mass is 32.2. The molecule has 2 aromatic carbocycles. The highest BCUT2D eigenvalue weighted by Gasteiger charge is 2.23. The Kier molecular flexibility index (Phi) is 6.85. The second-order valence-electron chi connectivity index (χ2n) is 9.82. The monoisotopic (exact) mass is 484 g/mol. The van der Waals surface area contributed by atoms with Crippen molar-refractivity contribution in [2.45, 2.75) is 26.2 Å². The Balaban J connectivity index is 1.41. The minimum absolute atomic E-state index is 0.0491. The summed E-state index contributed by atoms with van der Waals surface area (Å²) in [6.45, 7) is 10.0. The predicted molar refractivity (Wildman–Crippen MR) is 135 cm³/mol. The zero-order valence-corrected chi connectivity index (χ0v) is 21.0. The Bertz CT molecular complexity index is 1320. The molecule has 0 N–H and O–H groups in total. The van der Waals surface area contributed by atoms with Gasteiger partial charge in [-0.3, -0.25) is 9.69 Å². The summed E-state index contributed by atoms with van der Waals surface area (Å²) >= 11 is 0. The standard InChI is InChI=1S/C26H32N2O5S/c1-26(2,3)20-7-5-19(6-8-20)23-18-33-24-17-21(9-10-22(24)25(23)29)32-16-15-27-11-13-28(14-12-27)34(4,30)31/h5-10,17-18H,11-16H2,1-4H3. The van der Waals surface area contributed by atoms with Crippen LogP contribution in [0.3, 0.4) is 0 Å². The van der Waals surface area contributed by atoms with Crippen LogP contribution in [-0.2, 0) is 15.4 Å². The van der Waals surface area contributed by atoms with Crippen LogP contribution in [0.1, 0.15) is 26.3 Å². The molecule has 0 aliphatic carbocycles. The molecule has 0 radical (unpaired) electrons. The molecule has 1 aromatic heterocycles. The van der Waals surface area contributed by atoms with Crippen molar-refractivity contribution in [3.05, 3.63) is 64.5 Å². The molecule has 0 amide bonds. The van der Waals surface area contributed by atoms with Crippen LogP contribution >= 0.6 is 0 Å². The van der Waals surface area contributed by atoms with Crippen LogP contribution in [0.4, 0.5) is 0 Å². The molecule has 1 aliphatic heterocycles. The van der Waals surface area contributed by atoms with Gasteiger partial charge in [0, 0.05) is 38.8 Å². The molecule has 2 heterocycles. The average Bonchev–Trinajstić information content (AvgIpc) is 2.79. The fourth-order valence-electron chi connectivity index (χ4n) is 4.12. The van der Waals surface area contributed by atoms with E-state index in [1.165, 1.54) is 22.4 Å². The van der Waals surface area contributed by atoms with Crippen molar-refractivity contribution in [1.29, 1.82) is 0 Å². The van der Waals surface area contributed by atoms with E-state index >= 15 is 0 Å². The lowest BCUT2D eigenvalue weighted by Gasteiger charge is -2.33. The second-order valence-corrected chi connectivity index (χ2v) is 11.8. The summed E-state index contributed by atoms with van der Waals surface area (Å²) in [6.07, 6.45) is 2.76. The van der Waals surface area contributed by atoms with Gasteiger partial charge in [0.1, 0.15) is 24.2 Å². The molecule has 0 saturated carbocycles. The Morgan fingerprint density at radius 3 is 2.29 bits per heavy atom. The van der Waals surface area contributed by atoms with Gasteiger partial charge in [0.2, 0.25) is 10.0 Å². The number of hydrogen-bond acceptors (Lipinski definition) is 6. The van der Waals surface area contributed by atoms with Gasteiger partial charge in [-0.1, -0.05) is 45.0 Å². The number of sulfonamides is 1. The first-order valence-electron chi connectivity index (χ1n) is 11.5. The molecular weight excluding hydrogens is 452 g/mol. The van der Waals surface area contributed by atoms with Crippen LogP contribution in [0.2, 0.25) is 0 Å². The van der Waals surface area contributed by atoms with Gasteiger partial charge in [0.15, 0.2) is 5.43 Å². The third kappa shape index (κ3) is 5.51. The number of nitrogens with zero attached hydrogens (tertiary/aromatic N) is 2.